The van der Waals surface area contributed by atoms with Gasteiger partial charge in [0.15, 0.2) is 0 Å². The SMILES string of the molecule is CCO[C@@H]1C[C@@H](N(C)c2ncc([N+](=O)[O-])cc2Cl)C1(C)C. The summed E-state index contributed by atoms with van der Waals surface area (Å²) in [6.45, 7) is 6.98. The minimum absolute atomic E-state index is 0.0163. The smallest absolute Gasteiger partial charge is 0.289 e. The Morgan fingerprint density at radius 3 is 2.76 bits per heavy atom. The highest BCUT2D eigenvalue weighted by atomic mass is 35.5. The molecule has 0 N–H and O–H groups in total. The van der Waals surface area contributed by atoms with Gasteiger partial charge >= 0.3 is 0 Å². The third kappa shape index (κ3) is 2.82. The fourth-order valence-electron chi connectivity index (χ4n) is 2.93. The fourth-order valence-corrected chi connectivity index (χ4v) is 3.23. The summed E-state index contributed by atoms with van der Waals surface area (Å²) in [6, 6.07) is 1.58. The van der Waals surface area contributed by atoms with Crippen molar-refractivity contribution in [3.05, 3.63) is 27.4 Å². The van der Waals surface area contributed by atoms with Crippen molar-refractivity contribution < 1.29 is 9.66 Å². The van der Waals surface area contributed by atoms with Gasteiger partial charge in [-0.15, -0.1) is 0 Å². The topological polar surface area (TPSA) is 68.5 Å². The molecule has 2 atom stereocenters. The number of aromatic nitrogens is 1. The first-order valence-corrected chi connectivity index (χ1v) is 7.31. The molecule has 7 heteroatoms. The lowest BCUT2D eigenvalue weighted by Gasteiger charge is -2.55. The molecule has 6 nitrogen and oxygen atoms in total. The quantitative estimate of drug-likeness (QED) is 0.616. The first-order valence-electron chi connectivity index (χ1n) is 6.93. The number of hydrogen-bond donors (Lipinski definition) is 0. The van der Waals surface area contributed by atoms with Gasteiger partial charge in [0.2, 0.25) is 0 Å². The van der Waals surface area contributed by atoms with Crippen molar-refractivity contribution in [2.75, 3.05) is 18.6 Å². The number of halogens is 1. The molecule has 0 amide bonds. The van der Waals surface area contributed by atoms with Gasteiger partial charge < -0.3 is 9.64 Å². The van der Waals surface area contributed by atoms with E-state index in [1.165, 1.54) is 12.3 Å². The summed E-state index contributed by atoms with van der Waals surface area (Å²) in [7, 11) is 1.91. The molecule has 116 valence electrons. The molecule has 0 spiro atoms. The first-order chi connectivity index (χ1) is 9.78. The lowest BCUT2D eigenvalue weighted by molar-refractivity contribution is -0.385. The largest absolute Gasteiger partial charge is 0.378 e. The standard InChI is InChI=1S/C14H20ClN3O3/c1-5-21-12-7-11(14(12,2)3)17(4)13-10(15)6-9(8-16-13)18(19)20/h6,8,11-12H,5,7H2,1-4H3/t11-,12-/m1/s1. The maximum absolute atomic E-state index is 10.7. The van der Waals surface area contributed by atoms with Gasteiger partial charge in [-0.1, -0.05) is 25.4 Å². The normalized spacial score (nSPS) is 23.5. The first kappa shape index (κ1) is 16.0. The molecule has 0 unspecified atom stereocenters. The number of hydrogen-bond acceptors (Lipinski definition) is 5. The number of rotatable bonds is 5. The second-order valence-electron chi connectivity index (χ2n) is 5.88. The van der Waals surface area contributed by atoms with Gasteiger partial charge in [0, 0.05) is 31.2 Å². The summed E-state index contributed by atoms with van der Waals surface area (Å²) < 4.78 is 5.72. The lowest BCUT2D eigenvalue weighted by atomic mass is 9.64. The van der Waals surface area contributed by atoms with Crippen molar-refractivity contribution in [3.8, 4) is 0 Å². The van der Waals surface area contributed by atoms with Crippen molar-refractivity contribution in [1.82, 2.24) is 4.98 Å². The Hall–Kier alpha value is -1.40. The molecule has 1 aromatic rings. The molecule has 0 aliphatic heterocycles. The van der Waals surface area contributed by atoms with E-state index in [1.807, 2.05) is 18.9 Å². The minimum atomic E-state index is -0.499. The van der Waals surface area contributed by atoms with Crippen LogP contribution in [0.4, 0.5) is 11.5 Å². The maximum atomic E-state index is 10.7. The molecule has 1 aromatic heterocycles. The Labute approximate surface area is 129 Å². The molecule has 0 radical (unpaired) electrons. The van der Waals surface area contributed by atoms with Gasteiger partial charge in [0.05, 0.1) is 16.0 Å². The Morgan fingerprint density at radius 1 is 1.62 bits per heavy atom. The maximum Gasteiger partial charge on any atom is 0.289 e. The van der Waals surface area contributed by atoms with E-state index in [9.17, 15) is 10.1 Å². The van der Waals surface area contributed by atoms with Gasteiger partial charge in [-0.05, 0) is 13.3 Å². The zero-order chi connectivity index (χ0) is 15.8. The lowest BCUT2D eigenvalue weighted by Crippen LogP contribution is -2.61. The van der Waals surface area contributed by atoms with Crippen molar-refractivity contribution in [2.45, 2.75) is 39.3 Å². The highest BCUT2D eigenvalue weighted by Crippen LogP contribution is 2.47. The van der Waals surface area contributed by atoms with Crippen LogP contribution < -0.4 is 4.90 Å². The summed E-state index contributed by atoms with van der Waals surface area (Å²) in [5.41, 5.74) is -0.116. The average molecular weight is 314 g/mol. The van der Waals surface area contributed by atoms with Crippen LogP contribution in [-0.2, 0) is 4.74 Å². The minimum Gasteiger partial charge on any atom is -0.378 e. The van der Waals surface area contributed by atoms with Crippen LogP contribution in [0.15, 0.2) is 12.3 Å². The zero-order valence-electron chi connectivity index (χ0n) is 12.7. The predicted octanol–water partition coefficient (Wildman–Crippen LogP) is 3.28. The van der Waals surface area contributed by atoms with Crippen molar-refractivity contribution in [2.24, 2.45) is 5.41 Å². The molecule has 21 heavy (non-hydrogen) atoms. The van der Waals surface area contributed by atoms with Crippen LogP contribution >= 0.6 is 11.6 Å². The summed E-state index contributed by atoms with van der Waals surface area (Å²) in [5.74, 6) is 0.565. The van der Waals surface area contributed by atoms with Crippen LogP contribution in [0.25, 0.3) is 0 Å². The molecule has 1 heterocycles. The van der Waals surface area contributed by atoms with E-state index in [4.69, 9.17) is 16.3 Å². The average Bonchev–Trinajstić information content (AvgIpc) is 2.42. The Balaban J connectivity index is 2.18. The van der Waals surface area contributed by atoms with Gasteiger partial charge in [0.25, 0.3) is 5.69 Å². The van der Waals surface area contributed by atoms with Crippen molar-refractivity contribution >= 4 is 23.1 Å². The van der Waals surface area contributed by atoms with Crippen molar-refractivity contribution in [3.63, 3.8) is 0 Å². The van der Waals surface area contributed by atoms with Crippen LogP contribution in [0.3, 0.4) is 0 Å². The van der Waals surface area contributed by atoms with E-state index in [-0.39, 0.29) is 23.2 Å². The van der Waals surface area contributed by atoms with E-state index in [0.29, 0.717) is 17.4 Å². The number of ether oxygens (including phenoxy) is 1. The van der Waals surface area contributed by atoms with E-state index < -0.39 is 4.92 Å². The summed E-state index contributed by atoms with van der Waals surface area (Å²) in [6.07, 6.45) is 2.35. The third-order valence-corrected chi connectivity index (χ3v) is 4.59. The number of anilines is 1. The van der Waals surface area contributed by atoms with Crippen LogP contribution in [0.1, 0.15) is 27.2 Å². The Kier molecular flexibility index (Phi) is 4.39. The van der Waals surface area contributed by atoms with E-state index in [0.717, 1.165) is 6.42 Å². The summed E-state index contributed by atoms with van der Waals surface area (Å²) in [5, 5.41) is 11.0. The van der Waals surface area contributed by atoms with Crippen LogP contribution in [-0.4, -0.2) is 35.7 Å². The van der Waals surface area contributed by atoms with Gasteiger partial charge in [-0.25, -0.2) is 4.98 Å². The van der Waals surface area contributed by atoms with Crippen LogP contribution in [0, 0.1) is 15.5 Å². The molecule has 2 rings (SSSR count). The zero-order valence-corrected chi connectivity index (χ0v) is 13.4. The van der Waals surface area contributed by atoms with Crippen LogP contribution in [0.2, 0.25) is 5.02 Å². The fraction of sp³-hybridized carbons (Fsp3) is 0.643. The Morgan fingerprint density at radius 2 is 2.29 bits per heavy atom. The molecular weight excluding hydrogens is 294 g/mol. The number of nitro groups is 1. The monoisotopic (exact) mass is 313 g/mol. The summed E-state index contributed by atoms with van der Waals surface area (Å²) >= 11 is 6.14. The third-order valence-electron chi connectivity index (χ3n) is 4.31. The molecule has 0 saturated heterocycles. The molecule has 0 bridgehead atoms. The molecule has 1 aliphatic carbocycles. The molecule has 1 fully saturated rings. The molecule has 1 saturated carbocycles. The van der Waals surface area contributed by atoms with Gasteiger partial charge in [-0.2, -0.15) is 0 Å². The second kappa shape index (κ2) is 5.77. The van der Waals surface area contributed by atoms with Crippen molar-refractivity contribution in [1.29, 1.82) is 0 Å². The van der Waals surface area contributed by atoms with Gasteiger partial charge in [-0.3, -0.25) is 10.1 Å². The Bertz CT molecular complexity index is 550. The van der Waals surface area contributed by atoms with E-state index in [1.54, 1.807) is 0 Å². The predicted molar refractivity (Wildman–Crippen MR) is 81.9 cm³/mol. The molecule has 1 aliphatic rings. The van der Waals surface area contributed by atoms with E-state index in [2.05, 4.69) is 18.8 Å². The highest BCUT2D eigenvalue weighted by molar-refractivity contribution is 6.33. The summed E-state index contributed by atoms with van der Waals surface area (Å²) in [4.78, 5) is 16.4. The molecule has 0 aromatic carbocycles. The molecular formula is C14H20ClN3O3. The second-order valence-corrected chi connectivity index (χ2v) is 6.29. The van der Waals surface area contributed by atoms with Crippen LogP contribution in [0.5, 0.6) is 0 Å². The number of nitrogens with zero attached hydrogens (tertiary/aromatic N) is 3. The van der Waals surface area contributed by atoms with Gasteiger partial charge in [0.1, 0.15) is 12.0 Å². The van der Waals surface area contributed by atoms with E-state index >= 15 is 0 Å². The highest BCUT2D eigenvalue weighted by Gasteiger charge is 2.51. The number of pyridine rings is 1.